The molecule has 84 valence electrons. The zero-order valence-corrected chi connectivity index (χ0v) is 9.51. The Hall–Kier alpha value is -1.77. The van der Waals surface area contributed by atoms with Crippen molar-refractivity contribution in [3.8, 4) is 5.75 Å². The topological polar surface area (TPSA) is 31.2 Å². The highest BCUT2D eigenvalue weighted by molar-refractivity contribution is 5.82. The predicted octanol–water partition coefficient (Wildman–Crippen LogP) is 2.63. The van der Waals surface area contributed by atoms with Crippen LogP contribution in [-0.4, -0.2) is 17.0 Å². The maximum atomic E-state index is 10.5. The van der Waals surface area contributed by atoms with Gasteiger partial charge in [0.15, 0.2) is 0 Å². The highest BCUT2D eigenvalue weighted by atomic mass is 16.5. The van der Waals surface area contributed by atoms with E-state index in [2.05, 4.69) is 0 Å². The summed E-state index contributed by atoms with van der Waals surface area (Å²) in [5.41, 5.74) is 1.06. The summed E-state index contributed by atoms with van der Waals surface area (Å²) in [6.45, 7) is 4.40. The van der Waals surface area contributed by atoms with E-state index in [1.54, 1.807) is 0 Å². The van der Waals surface area contributed by atoms with Crippen LogP contribution in [0.15, 0.2) is 30.5 Å². The molecule has 2 aromatic rings. The monoisotopic (exact) mass is 217 g/mol. The van der Waals surface area contributed by atoms with Crippen LogP contribution in [0.4, 0.5) is 0 Å². The molecule has 0 unspecified atom stereocenters. The number of rotatable bonds is 4. The molecule has 0 bridgehead atoms. The molecule has 0 atom stereocenters. The van der Waals surface area contributed by atoms with Crippen molar-refractivity contribution in [1.82, 2.24) is 4.57 Å². The summed E-state index contributed by atoms with van der Waals surface area (Å²) >= 11 is 0. The van der Waals surface area contributed by atoms with Crippen molar-refractivity contribution in [2.75, 3.05) is 0 Å². The number of ether oxygens (including phenoxy) is 1. The zero-order valence-electron chi connectivity index (χ0n) is 9.51. The highest BCUT2D eigenvalue weighted by Crippen LogP contribution is 2.22. The van der Waals surface area contributed by atoms with Crippen LogP contribution in [0, 0.1) is 0 Å². The Morgan fingerprint density at radius 3 is 2.88 bits per heavy atom. The van der Waals surface area contributed by atoms with E-state index in [4.69, 9.17) is 4.74 Å². The smallest absolute Gasteiger partial charge is 0.139 e. The van der Waals surface area contributed by atoms with Gasteiger partial charge in [0.1, 0.15) is 12.0 Å². The molecule has 1 aromatic carbocycles. The summed E-state index contributed by atoms with van der Waals surface area (Å²) in [5, 5.41) is 1.10. The van der Waals surface area contributed by atoms with Gasteiger partial charge in [0, 0.05) is 17.1 Å². The number of nitrogens with zero attached hydrogens (tertiary/aromatic N) is 1. The number of aldehydes is 1. The quantitative estimate of drug-likeness (QED) is 0.737. The van der Waals surface area contributed by atoms with Crippen LogP contribution in [0.25, 0.3) is 10.9 Å². The first-order valence-electron chi connectivity index (χ1n) is 5.40. The van der Waals surface area contributed by atoms with E-state index in [-0.39, 0.29) is 6.10 Å². The van der Waals surface area contributed by atoms with Gasteiger partial charge < -0.3 is 14.1 Å². The SMILES string of the molecule is CC(C)Oc1ccc2c(ccn2CC=O)c1. The average molecular weight is 217 g/mol. The van der Waals surface area contributed by atoms with Gasteiger partial charge in [-0.15, -0.1) is 0 Å². The summed E-state index contributed by atoms with van der Waals surface area (Å²) in [4.78, 5) is 10.5. The molecular formula is C13H15NO2. The first kappa shape index (κ1) is 10.7. The van der Waals surface area contributed by atoms with E-state index in [0.717, 1.165) is 22.9 Å². The summed E-state index contributed by atoms with van der Waals surface area (Å²) < 4.78 is 7.53. The van der Waals surface area contributed by atoms with Crippen LogP contribution in [0.2, 0.25) is 0 Å². The maximum Gasteiger partial charge on any atom is 0.139 e. The normalized spacial score (nSPS) is 10.9. The van der Waals surface area contributed by atoms with Crippen molar-refractivity contribution in [3.05, 3.63) is 30.5 Å². The summed E-state index contributed by atoms with van der Waals surface area (Å²) in [6, 6.07) is 7.91. The molecule has 0 fully saturated rings. The molecule has 0 amide bonds. The number of carbonyl (C=O) groups excluding carboxylic acids is 1. The largest absolute Gasteiger partial charge is 0.491 e. The molecule has 16 heavy (non-hydrogen) atoms. The van der Waals surface area contributed by atoms with Crippen LogP contribution >= 0.6 is 0 Å². The van der Waals surface area contributed by atoms with Crippen molar-refractivity contribution in [2.45, 2.75) is 26.5 Å². The fraction of sp³-hybridized carbons (Fsp3) is 0.308. The number of benzene rings is 1. The molecule has 3 heteroatoms. The first-order chi connectivity index (χ1) is 7.70. The molecule has 1 heterocycles. The van der Waals surface area contributed by atoms with Gasteiger partial charge in [-0.2, -0.15) is 0 Å². The maximum absolute atomic E-state index is 10.5. The van der Waals surface area contributed by atoms with Gasteiger partial charge in [-0.25, -0.2) is 0 Å². The molecule has 0 saturated carbocycles. The third-order valence-corrected chi connectivity index (χ3v) is 2.39. The Balaban J connectivity index is 2.37. The van der Waals surface area contributed by atoms with Crippen molar-refractivity contribution >= 4 is 17.2 Å². The Morgan fingerprint density at radius 2 is 2.19 bits per heavy atom. The lowest BCUT2D eigenvalue weighted by Gasteiger charge is -2.09. The molecule has 0 aliphatic heterocycles. The molecule has 0 aliphatic carbocycles. The summed E-state index contributed by atoms with van der Waals surface area (Å²) in [6.07, 6.45) is 2.99. The molecule has 0 aliphatic rings. The Kier molecular flexibility index (Phi) is 2.95. The Morgan fingerprint density at radius 1 is 1.38 bits per heavy atom. The lowest BCUT2D eigenvalue weighted by atomic mass is 10.2. The molecule has 1 aromatic heterocycles. The van der Waals surface area contributed by atoms with Crippen molar-refractivity contribution in [1.29, 1.82) is 0 Å². The molecule has 0 radical (unpaired) electrons. The molecule has 0 N–H and O–H groups in total. The molecule has 0 saturated heterocycles. The first-order valence-corrected chi connectivity index (χ1v) is 5.40. The number of fused-ring (bicyclic) bond motifs is 1. The van der Waals surface area contributed by atoms with Gasteiger partial charge in [0.25, 0.3) is 0 Å². The minimum atomic E-state index is 0.175. The number of aromatic nitrogens is 1. The van der Waals surface area contributed by atoms with Crippen molar-refractivity contribution < 1.29 is 9.53 Å². The predicted molar refractivity (Wildman–Crippen MR) is 63.8 cm³/mol. The zero-order chi connectivity index (χ0) is 11.5. The number of carbonyl (C=O) groups is 1. The van der Waals surface area contributed by atoms with Gasteiger partial charge >= 0.3 is 0 Å². The van der Waals surface area contributed by atoms with E-state index < -0.39 is 0 Å². The lowest BCUT2D eigenvalue weighted by molar-refractivity contribution is -0.108. The van der Waals surface area contributed by atoms with Gasteiger partial charge in [0.05, 0.1) is 12.6 Å². The van der Waals surface area contributed by atoms with Crippen molar-refractivity contribution in [3.63, 3.8) is 0 Å². The fourth-order valence-electron chi connectivity index (χ4n) is 1.76. The van der Waals surface area contributed by atoms with E-state index >= 15 is 0 Å². The average Bonchev–Trinajstić information content (AvgIpc) is 2.61. The van der Waals surface area contributed by atoms with Crippen LogP contribution in [0.1, 0.15) is 13.8 Å². The van der Waals surface area contributed by atoms with E-state index in [1.165, 1.54) is 0 Å². The van der Waals surface area contributed by atoms with Crippen LogP contribution in [0.3, 0.4) is 0 Å². The summed E-state index contributed by atoms with van der Waals surface area (Å²) in [7, 11) is 0. The van der Waals surface area contributed by atoms with Gasteiger partial charge in [-0.1, -0.05) is 0 Å². The minimum absolute atomic E-state index is 0.175. The Labute approximate surface area is 94.6 Å². The second-order valence-corrected chi connectivity index (χ2v) is 4.02. The lowest BCUT2D eigenvalue weighted by Crippen LogP contribution is -2.05. The van der Waals surface area contributed by atoms with Gasteiger partial charge in [0.2, 0.25) is 0 Å². The number of hydrogen-bond donors (Lipinski definition) is 0. The summed E-state index contributed by atoms with van der Waals surface area (Å²) in [5.74, 6) is 0.867. The second kappa shape index (κ2) is 4.39. The standard InChI is InChI=1S/C13H15NO2/c1-10(2)16-12-3-4-13-11(9-12)5-6-14(13)7-8-15/h3-6,8-10H,7H2,1-2H3. The van der Waals surface area contributed by atoms with Crippen LogP contribution < -0.4 is 4.74 Å². The van der Waals surface area contributed by atoms with E-state index in [1.807, 2.05) is 48.9 Å². The van der Waals surface area contributed by atoms with Crippen LogP contribution in [-0.2, 0) is 11.3 Å². The fourth-order valence-corrected chi connectivity index (χ4v) is 1.76. The molecule has 3 nitrogen and oxygen atoms in total. The number of hydrogen-bond acceptors (Lipinski definition) is 2. The minimum Gasteiger partial charge on any atom is -0.491 e. The second-order valence-electron chi connectivity index (χ2n) is 4.02. The molecule has 0 spiro atoms. The third-order valence-electron chi connectivity index (χ3n) is 2.39. The molecular weight excluding hydrogens is 202 g/mol. The van der Waals surface area contributed by atoms with E-state index in [0.29, 0.717) is 6.54 Å². The highest BCUT2D eigenvalue weighted by Gasteiger charge is 2.03. The van der Waals surface area contributed by atoms with Gasteiger partial charge in [-0.3, -0.25) is 0 Å². The van der Waals surface area contributed by atoms with Gasteiger partial charge in [-0.05, 0) is 38.1 Å². The third kappa shape index (κ3) is 2.08. The Bertz CT molecular complexity index is 500. The molecule has 2 rings (SSSR count). The van der Waals surface area contributed by atoms with E-state index in [9.17, 15) is 4.79 Å². The van der Waals surface area contributed by atoms with Crippen LogP contribution in [0.5, 0.6) is 5.75 Å². The van der Waals surface area contributed by atoms with Crippen molar-refractivity contribution in [2.24, 2.45) is 0 Å².